The number of aliphatic hydroxyl groups is 3. The van der Waals surface area contributed by atoms with E-state index in [4.69, 9.17) is 57.6 Å². The molecular formula is C31H66O13. The van der Waals surface area contributed by atoms with E-state index in [9.17, 15) is 5.11 Å². The van der Waals surface area contributed by atoms with Gasteiger partial charge in [-0.05, 0) is 55.4 Å². The second kappa shape index (κ2) is 32.4. The average Bonchev–Trinajstić information content (AvgIpc) is 3.00. The Labute approximate surface area is 266 Å². The Kier molecular flexibility index (Phi) is 33.6. The molecule has 0 saturated heterocycles. The standard InChI is InChI=1S/C24H50O9.C7H16O4/c1-17(26)10-27-19(3)12-29-21(5)14-31-23(7)16-33-24(8)15-32-22(6)13-30-20(4)11-28-18(2)9-25;1-9-4-5-11-7-6-10-3-2-8/h17-26H,9-16H2,1-8H3;8H,2-7H2,1H3. The van der Waals surface area contributed by atoms with E-state index < -0.39 is 6.10 Å². The first-order chi connectivity index (χ1) is 20.9. The molecule has 0 aromatic carbocycles. The van der Waals surface area contributed by atoms with Gasteiger partial charge in [-0.25, -0.2) is 0 Å². The van der Waals surface area contributed by atoms with E-state index in [0.29, 0.717) is 79.3 Å². The number of aliphatic hydroxyl groups excluding tert-OH is 3. The van der Waals surface area contributed by atoms with Gasteiger partial charge in [0.2, 0.25) is 0 Å². The summed E-state index contributed by atoms with van der Waals surface area (Å²) in [5, 5.41) is 26.5. The van der Waals surface area contributed by atoms with E-state index in [1.165, 1.54) is 0 Å². The van der Waals surface area contributed by atoms with Crippen molar-refractivity contribution in [1.29, 1.82) is 0 Å². The largest absolute Gasteiger partial charge is 0.394 e. The molecule has 268 valence electrons. The second-order valence-electron chi connectivity index (χ2n) is 11.0. The van der Waals surface area contributed by atoms with Crippen LogP contribution in [0.3, 0.4) is 0 Å². The maximum absolute atomic E-state index is 9.24. The van der Waals surface area contributed by atoms with Gasteiger partial charge >= 0.3 is 0 Å². The van der Waals surface area contributed by atoms with Crippen molar-refractivity contribution in [1.82, 2.24) is 0 Å². The zero-order valence-electron chi connectivity index (χ0n) is 28.9. The van der Waals surface area contributed by atoms with Crippen molar-refractivity contribution in [2.75, 3.05) is 99.6 Å². The molecule has 0 rings (SSSR count). The lowest BCUT2D eigenvalue weighted by Crippen LogP contribution is -2.30. The van der Waals surface area contributed by atoms with Crippen LogP contribution in [0.5, 0.6) is 0 Å². The molecule has 0 amide bonds. The van der Waals surface area contributed by atoms with Crippen LogP contribution in [0.15, 0.2) is 0 Å². The van der Waals surface area contributed by atoms with Crippen molar-refractivity contribution in [2.45, 2.75) is 104 Å². The van der Waals surface area contributed by atoms with Gasteiger partial charge in [-0.15, -0.1) is 0 Å². The maximum atomic E-state index is 9.24. The third-order valence-corrected chi connectivity index (χ3v) is 5.61. The third kappa shape index (κ3) is 34.4. The predicted octanol–water partition coefficient (Wildman–Crippen LogP) is 1.85. The fourth-order valence-electron chi connectivity index (χ4n) is 2.97. The van der Waals surface area contributed by atoms with Crippen LogP contribution < -0.4 is 0 Å². The third-order valence-electron chi connectivity index (χ3n) is 5.61. The van der Waals surface area contributed by atoms with Crippen molar-refractivity contribution < 1.29 is 62.7 Å². The Bertz CT molecular complexity index is 565. The summed E-state index contributed by atoms with van der Waals surface area (Å²) in [6, 6.07) is 0. The molecule has 3 N–H and O–H groups in total. The molecule has 0 aliphatic rings. The molecule has 0 saturated carbocycles. The Morgan fingerprint density at radius 2 is 0.705 bits per heavy atom. The summed E-state index contributed by atoms with van der Waals surface area (Å²) in [5.41, 5.74) is 0. The second-order valence-corrected chi connectivity index (χ2v) is 11.0. The van der Waals surface area contributed by atoms with Crippen LogP contribution >= 0.6 is 0 Å². The lowest BCUT2D eigenvalue weighted by molar-refractivity contribution is -0.108. The summed E-state index contributed by atoms with van der Waals surface area (Å²) in [6.07, 6.45) is -1.07. The predicted molar refractivity (Wildman–Crippen MR) is 167 cm³/mol. The molecule has 0 aromatic heterocycles. The molecule has 0 radical (unpaired) electrons. The lowest BCUT2D eigenvalue weighted by atomic mass is 10.3. The Hall–Kier alpha value is -0.520. The van der Waals surface area contributed by atoms with Crippen LogP contribution in [-0.2, 0) is 47.4 Å². The van der Waals surface area contributed by atoms with Gasteiger partial charge in [-0.1, -0.05) is 0 Å². The average molecular weight is 647 g/mol. The van der Waals surface area contributed by atoms with Crippen molar-refractivity contribution in [2.24, 2.45) is 0 Å². The topological polar surface area (TPSA) is 153 Å². The molecule has 13 nitrogen and oxygen atoms in total. The summed E-state index contributed by atoms with van der Waals surface area (Å²) in [4.78, 5) is 0. The van der Waals surface area contributed by atoms with Crippen LogP contribution in [0, 0.1) is 0 Å². The highest BCUT2D eigenvalue weighted by Crippen LogP contribution is 2.05. The molecule has 0 aliphatic heterocycles. The monoisotopic (exact) mass is 646 g/mol. The lowest BCUT2D eigenvalue weighted by Gasteiger charge is -2.22. The highest BCUT2D eigenvalue weighted by molar-refractivity contribution is 4.59. The molecule has 44 heavy (non-hydrogen) atoms. The first-order valence-corrected chi connectivity index (χ1v) is 15.8. The highest BCUT2D eigenvalue weighted by Gasteiger charge is 2.14. The van der Waals surface area contributed by atoms with Gasteiger partial charge in [0.05, 0.1) is 141 Å². The van der Waals surface area contributed by atoms with Crippen LogP contribution in [0.4, 0.5) is 0 Å². The molecule has 13 heteroatoms. The summed E-state index contributed by atoms with van der Waals surface area (Å²) in [6.45, 7) is 21.0. The van der Waals surface area contributed by atoms with Crippen LogP contribution in [-0.4, -0.2) is 164 Å². The van der Waals surface area contributed by atoms with Gasteiger partial charge in [0.1, 0.15) is 0 Å². The highest BCUT2D eigenvalue weighted by atomic mass is 16.6. The Morgan fingerprint density at radius 3 is 1.00 bits per heavy atom. The van der Waals surface area contributed by atoms with Gasteiger partial charge < -0.3 is 62.7 Å². The summed E-state index contributed by atoms with van der Waals surface area (Å²) in [7, 11) is 1.63. The van der Waals surface area contributed by atoms with E-state index in [0.717, 1.165) is 0 Å². The molecule has 0 aliphatic carbocycles. The smallest absolute Gasteiger partial charge is 0.0781 e. The number of hydrogen-bond donors (Lipinski definition) is 3. The maximum Gasteiger partial charge on any atom is 0.0781 e. The minimum Gasteiger partial charge on any atom is -0.394 e. The van der Waals surface area contributed by atoms with Gasteiger partial charge in [-0.3, -0.25) is 0 Å². The van der Waals surface area contributed by atoms with E-state index in [1.54, 1.807) is 14.0 Å². The Morgan fingerprint density at radius 1 is 0.409 bits per heavy atom. The summed E-state index contributed by atoms with van der Waals surface area (Å²) >= 11 is 0. The fourth-order valence-corrected chi connectivity index (χ4v) is 2.97. The van der Waals surface area contributed by atoms with Gasteiger partial charge in [-0.2, -0.15) is 0 Å². The van der Waals surface area contributed by atoms with Crippen molar-refractivity contribution in [3.8, 4) is 0 Å². The number of methoxy groups -OCH3 is 1. The summed E-state index contributed by atoms with van der Waals surface area (Å²) in [5.74, 6) is 0. The van der Waals surface area contributed by atoms with Crippen LogP contribution in [0.2, 0.25) is 0 Å². The minimum atomic E-state index is -0.478. The van der Waals surface area contributed by atoms with E-state index in [-0.39, 0.29) is 55.9 Å². The molecule has 0 spiro atoms. The van der Waals surface area contributed by atoms with Crippen molar-refractivity contribution >= 4 is 0 Å². The van der Waals surface area contributed by atoms with Gasteiger partial charge in [0, 0.05) is 7.11 Å². The number of rotatable bonds is 30. The van der Waals surface area contributed by atoms with Gasteiger partial charge in [0.25, 0.3) is 0 Å². The quantitative estimate of drug-likeness (QED) is 0.0975. The van der Waals surface area contributed by atoms with Gasteiger partial charge in [0.15, 0.2) is 0 Å². The molecule has 8 atom stereocenters. The van der Waals surface area contributed by atoms with Crippen molar-refractivity contribution in [3.05, 3.63) is 0 Å². The number of ether oxygens (including phenoxy) is 10. The Balaban J connectivity index is 0. The molecular weight excluding hydrogens is 580 g/mol. The number of hydrogen-bond acceptors (Lipinski definition) is 13. The van der Waals surface area contributed by atoms with Crippen LogP contribution in [0.1, 0.15) is 55.4 Å². The SMILES string of the molecule is CC(O)COC(C)COC(C)COC(C)COC(C)COC(C)COC(C)COC(C)CO.COCCOCCOCCO. The normalized spacial score (nSPS) is 17.2. The van der Waals surface area contributed by atoms with Crippen LogP contribution in [0.25, 0.3) is 0 Å². The van der Waals surface area contributed by atoms with E-state index in [1.807, 2.05) is 48.5 Å². The molecule has 0 heterocycles. The molecule has 0 fully saturated rings. The molecule has 8 unspecified atom stereocenters. The first kappa shape index (κ1) is 45.6. The van der Waals surface area contributed by atoms with E-state index >= 15 is 0 Å². The zero-order valence-corrected chi connectivity index (χ0v) is 28.9. The first-order valence-electron chi connectivity index (χ1n) is 15.8. The summed E-state index contributed by atoms with van der Waals surface area (Å²) < 4.78 is 54.6. The molecule has 0 bridgehead atoms. The zero-order chi connectivity index (χ0) is 33.6. The fraction of sp³-hybridized carbons (Fsp3) is 1.00. The van der Waals surface area contributed by atoms with E-state index in [2.05, 4.69) is 0 Å². The van der Waals surface area contributed by atoms with Crippen molar-refractivity contribution in [3.63, 3.8) is 0 Å². The minimum absolute atomic E-state index is 0.000849. The molecule has 0 aromatic rings.